The Balaban J connectivity index is 1.38. The van der Waals surface area contributed by atoms with Gasteiger partial charge in [-0.05, 0) is 36.8 Å². The van der Waals surface area contributed by atoms with E-state index in [1.54, 1.807) is 27.9 Å². The van der Waals surface area contributed by atoms with Crippen molar-refractivity contribution in [3.8, 4) is 0 Å². The molecule has 30 heavy (non-hydrogen) atoms. The van der Waals surface area contributed by atoms with Crippen LogP contribution in [0.1, 0.15) is 28.1 Å². The number of nitrogens with zero attached hydrogens (tertiary/aromatic N) is 2. The van der Waals surface area contributed by atoms with Gasteiger partial charge in [0.2, 0.25) is 5.91 Å². The van der Waals surface area contributed by atoms with Crippen molar-refractivity contribution in [2.24, 2.45) is 13.0 Å². The second kappa shape index (κ2) is 8.83. The SMILES string of the molecule is Cn1c(=O)cc(C(=O)N2CCC(C(=O)NCCc3cccs3)CC2)c2ccccc21. The monoisotopic (exact) mass is 423 g/mol. The lowest BCUT2D eigenvalue weighted by atomic mass is 9.95. The van der Waals surface area contributed by atoms with Crippen molar-refractivity contribution in [3.05, 3.63) is 68.6 Å². The number of thiophene rings is 1. The summed E-state index contributed by atoms with van der Waals surface area (Å²) in [6.45, 7) is 1.68. The van der Waals surface area contributed by atoms with Gasteiger partial charge in [0.05, 0.1) is 11.1 Å². The number of hydrogen-bond acceptors (Lipinski definition) is 4. The van der Waals surface area contributed by atoms with E-state index in [1.807, 2.05) is 35.7 Å². The molecule has 2 aromatic heterocycles. The molecule has 6 nitrogen and oxygen atoms in total. The molecule has 1 aliphatic heterocycles. The third-order valence-electron chi connectivity index (χ3n) is 5.79. The van der Waals surface area contributed by atoms with Crippen LogP contribution in [-0.2, 0) is 18.3 Å². The molecule has 0 aliphatic carbocycles. The standard InChI is InChI=1S/C23H25N3O3S/c1-25-20-7-3-2-6-18(20)19(15-21(25)27)23(29)26-12-9-16(10-13-26)22(28)24-11-8-17-5-4-14-30-17/h2-7,14-16H,8-13H2,1H3,(H,24,28). The van der Waals surface area contributed by atoms with E-state index in [2.05, 4.69) is 11.4 Å². The minimum absolute atomic E-state index is 0.0673. The van der Waals surface area contributed by atoms with Crippen LogP contribution in [0.4, 0.5) is 0 Å². The van der Waals surface area contributed by atoms with Gasteiger partial charge in [0.15, 0.2) is 0 Å². The maximum Gasteiger partial charge on any atom is 0.254 e. The summed E-state index contributed by atoms with van der Waals surface area (Å²) in [6, 6.07) is 13.0. The zero-order chi connectivity index (χ0) is 21.1. The third-order valence-corrected chi connectivity index (χ3v) is 6.72. The molecule has 1 aliphatic rings. The summed E-state index contributed by atoms with van der Waals surface area (Å²) in [5.74, 6) is -0.143. The largest absolute Gasteiger partial charge is 0.355 e. The number of carbonyl (C=O) groups excluding carboxylic acids is 2. The summed E-state index contributed by atoms with van der Waals surface area (Å²) < 4.78 is 1.55. The number of para-hydroxylation sites is 1. The first-order valence-electron chi connectivity index (χ1n) is 10.2. The van der Waals surface area contributed by atoms with Gasteiger partial charge in [0, 0.05) is 48.9 Å². The highest BCUT2D eigenvalue weighted by molar-refractivity contribution is 7.09. The number of rotatable bonds is 5. The third kappa shape index (κ3) is 4.16. The van der Waals surface area contributed by atoms with Crippen molar-refractivity contribution in [3.63, 3.8) is 0 Å². The van der Waals surface area contributed by atoms with Gasteiger partial charge >= 0.3 is 0 Å². The predicted octanol–water partition coefficient (Wildman–Crippen LogP) is 2.81. The summed E-state index contributed by atoms with van der Waals surface area (Å²) in [6.07, 6.45) is 2.12. The Kier molecular flexibility index (Phi) is 5.99. The van der Waals surface area contributed by atoms with Gasteiger partial charge in [-0.25, -0.2) is 0 Å². The first-order chi connectivity index (χ1) is 14.5. The highest BCUT2D eigenvalue weighted by Gasteiger charge is 2.28. The molecule has 0 spiro atoms. The Labute approximate surface area is 179 Å². The Hall–Kier alpha value is -2.93. The van der Waals surface area contributed by atoms with Crippen molar-refractivity contribution in [2.45, 2.75) is 19.3 Å². The van der Waals surface area contributed by atoms with E-state index in [9.17, 15) is 14.4 Å². The molecule has 1 saturated heterocycles. The first kappa shape index (κ1) is 20.3. The van der Waals surface area contributed by atoms with Gasteiger partial charge in [-0.1, -0.05) is 24.3 Å². The van der Waals surface area contributed by atoms with Crippen LogP contribution in [0, 0.1) is 5.92 Å². The van der Waals surface area contributed by atoms with Crippen molar-refractivity contribution < 1.29 is 9.59 Å². The normalized spacial score (nSPS) is 14.8. The van der Waals surface area contributed by atoms with Crippen molar-refractivity contribution in [2.75, 3.05) is 19.6 Å². The first-order valence-corrected chi connectivity index (χ1v) is 11.1. The second-order valence-corrected chi connectivity index (χ2v) is 8.69. The van der Waals surface area contributed by atoms with Gasteiger partial charge in [-0.3, -0.25) is 14.4 Å². The van der Waals surface area contributed by atoms with Crippen LogP contribution in [0.25, 0.3) is 10.9 Å². The number of benzene rings is 1. The minimum Gasteiger partial charge on any atom is -0.355 e. The lowest BCUT2D eigenvalue weighted by molar-refractivity contribution is -0.126. The van der Waals surface area contributed by atoms with Gasteiger partial charge < -0.3 is 14.8 Å². The van der Waals surface area contributed by atoms with Gasteiger partial charge in [-0.2, -0.15) is 0 Å². The molecule has 3 aromatic rings. The summed E-state index contributed by atoms with van der Waals surface area (Å²) in [5.41, 5.74) is 0.984. The summed E-state index contributed by atoms with van der Waals surface area (Å²) in [7, 11) is 1.71. The topological polar surface area (TPSA) is 71.4 Å². The molecule has 0 bridgehead atoms. The molecular formula is C23H25N3O3S. The van der Waals surface area contributed by atoms with E-state index in [0.29, 0.717) is 38.0 Å². The van der Waals surface area contributed by atoms with Gasteiger partial charge in [-0.15, -0.1) is 11.3 Å². The van der Waals surface area contributed by atoms with Crippen LogP contribution in [0.5, 0.6) is 0 Å². The quantitative estimate of drug-likeness (QED) is 0.686. The Morgan fingerprint density at radius 3 is 2.63 bits per heavy atom. The zero-order valence-electron chi connectivity index (χ0n) is 17.0. The van der Waals surface area contributed by atoms with Crippen LogP contribution in [0.2, 0.25) is 0 Å². The molecule has 0 unspecified atom stereocenters. The number of hydrogen-bond donors (Lipinski definition) is 1. The maximum atomic E-state index is 13.1. The number of carbonyl (C=O) groups is 2. The second-order valence-electron chi connectivity index (χ2n) is 7.66. The number of fused-ring (bicyclic) bond motifs is 1. The summed E-state index contributed by atoms with van der Waals surface area (Å²) >= 11 is 1.69. The fourth-order valence-corrected chi connectivity index (χ4v) is 4.72. The van der Waals surface area contributed by atoms with Gasteiger partial charge in [0.1, 0.15) is 0 Å². The summed E-state index contributed by atoms with van der Waals surface area (Å²) in [4.78, 5) is 40.9. The fourth-order valence-electron chi connectivity index (χ4n) is 4.01. The van der Waals surface area contributed by atoms with Crippen LogP contribution in [0.3, 0.4) is 0 Å². The van der Waals surface area contributed by atoms with E-state index in [1.165, 1.54) is 10.9 Å². The van der Waals surface area contributed by atoms with E-state index >= 15 is 0 Å². The number of aromatic nitrogens is 1. The molecule has 1 N–H and O–H groups in total. The van der Waals surface area contributed by atoms with E-state index in [0.717, 1.165) is 17.3 Å². The van der Waals surface area contributed by atoms with E-state index < -0.39 is 0 Å². The van der Waals surface area contributed by atoms with Crippen LogP contribution < -0.4 is 10.9 Å². The predicted molar refractivity (Wildman–Crippen MR) is 119 cm³/mol. The Morgan fingerprint density at radius 1 is 1.13 bits per heavy atom. The number of piperidine rings is 1. The van der Waals surface area contributed by atoms with Crippen molar-refractivity contribution >= 4 is 34.1 Å². The maximum absolute atomic E-state index is 13.1. The van der Waals surface area contributed by atoms with Crippen molar-refractivity contribution in [1.29, 1.82) is 0 Å². The van der Waals surface area contributed by atoms with Crippen LogP contribution in [0.15, 0.2) is 52.6 Å². The zero-order valence-corrected chi connectivity index (χ0v) is 17.8. The highest BCUT2D eigenvalue weighted by atomic mass is 32.1. The van der Waals surface area contributed by atoms with Crippen LogP contribution in [-0.4, -0.2) is 40.9 Å². The molecule has 0 radical (unpaired) electrons. The molecule has 3 heterocycles. The lowest BCUT2D eigenvalue weighted by Crippen LogP contribution is -2.43. The molecular weight excluding hydrogens is 398 g/mol. The summed E-state index contributed by atoms with van der Waals surface area (Å²) in [5, 5.41) is 5.84. The molecule has 1 aromatic carbocycles. The van der Waals surface area contributed by atoms with Crippen LogP contribution >= 0.6 is 11.3 Å². The van der Waals surface area contributed by atoms with Gasteiger partial charge in [0.25, 0.3) is 11.5 Å². The highest BCUT2D eigenvalue weighted by Crippen LogP contribution is 2.22. The number of likely N-dealkylation sites (tertiary alicyclic amines) is 1. The molecule has 1 fully saturated rings. The Bertz CT molecular complexity index is 1110. The molecule has 0 saturated carbocycles. The molecule has 156 valence electrons. The molecule has 7 heteroatoms. The number of aryl methyl sites for hydroxylation is 1. The average Bonchev–Trinajstić information content (AvgIpc) is 3.29. The van der Waals surface area contributed by atoms with Crippen molar-refractivity contribution in [1.82, 2.24) is 14.8 Å². The molecule has 2 amide bonds. The van der Waals surface area contributed by atoms with E-state index in [4.69, 9.17) is 0 Å². The number of amides is 2. The Morgan fingerprint density at radius 2 is 1.90 bits per heavy atom. The minimum atomic E-state index is -0.197. The number of pyridine rings is 1. The fraction of sp³-hybridized carbons (Fsp3) is 0.348. The van der Waals surface area contributed by atoms with E-state index in [-0.39, 0.29) is 23.3 Å². The number of nitrogens with one attached hydrogen (secondary N) is 1. The molecule has 4 rings (SSSR count). The smallest absolute Gasteiger partial charge is 0.254 e. The lowest BCUT2D eigenvalue weighted by Gasteiger charge is -2.31. The average molecular weight is 424 g/mol. The molecule has 0 atom stereocenters.